The van der Waals surface area contributed by atoms with Crippen LogP contribution < -0.4 is 10.2 Å². The highest BCUT2D eigenvalue weighted by Crippen LogP contribution is 2.27. The van der Waals surface area contributed by atoms with E-state index in [1.165, 1.54) is 0 Å². The second kappa shape index (κ2) is 8.45. The molecule has 4 rings (SSSR count). The van der Waals surface area contributed by atoms with E-state index in [2.05, 4.69) is 39.1 Å². The van der Waals surface area contributed by atoms with Gasteiger partial charge >= 0.3 is 0 Å². The Bertz CT molecular complexity index is 780. The van der Waals surface area contributed by atoms with E-state index in [4.69, 9.17) is 9.47 Å². The quantitative estimate of drug-likeness (QED) is 0.845. The van der Waals surface area contributed by atoms with Crippen LogP contribution in [-0.4, -0.2) is 58.2 Å². The second-order valence-electron chi connectivity index (χ2n) is 7.99. The SMILES string of the molecule is CC(C)[C@@H]1OCCC[C@@H]1Nc1cc(N2CCO[C@@H](c3cnn(C)c3)C2)ncn1. The average Bonchev–Trinajstić information content (AvgIpc) is 3.15. The summed E-state index contributed by atoms with van der Waals surface area (Å²) >= 11 is 0. The highest BCUT2D eigenvalue weighted by Gasteiger charge is 2.29. The molecule has 8 heteroatoms. The summed E-state index contributed by atoms with van der Waals surface area (Å²) in [6.45, 7) is 7.50. The van der Waals surface area contributed by atoms with Crippen LogP contribution in [0.25, 0.3) is 0 Å². The van der Waals surface area contributed by atoms with Gasteiger partial charge in [-0.05, 0) is 18.8 Å². The normalized spacial score (nSPS) is 25.9. The van der Waals surface area contributed by atoms with Crippen molar-refractivity contribution in [3.8, 4) is 0 Å². The minimum atomic E-state index is 0.00545. The largest absolute Gasteiger partial charge is 0.376 e. The molecule has 2 aliphatic rings. The number of nitrogens with one attached hydrogen (secondary N) is 1. The fourth-order valence-corrected chi connectivity index (χ4v) is 4.07. The van der Waals surface area contributed by atoms with Crippen molar-refractivity contribution in [1.82, 2.24) is 19.7 Å². The van der Waals surface area contributed by atoms with Crippen LogP contribution in [0.3, 0.4) is 0 Å². The fraction of sp³-hybridized carbons (Fsp3) is 0.650. The van der Waals surface area contributed by atoms with Crippen LogP contribution in [0.4, 0.5) is 11.6 Å². The van der Waals surface area contributed by atoms with Crippen LogP contribution in [0.1, 0.15) is 38.4 Å². The minimum Gasteiger partial charge on any atom is -0.376 e. The number of aromatic nitrogens is 4. The van der Waals surface area contributed by atoms with Crippen LogP contribution in [0.15, 0.2) is 24.8 Å². The standard InChI is InChI=1S/C20H30N6O2/c1-14(2)20-16(5-4-7-28-20)24-18-9-19(22-13-21-18)26-6-8-27-17(12-26)15-10-23-25(3)11-15/h9-11,13-14,16-17,20H,4-8,12H2,1-3H3,(H,21,22,24)/t16-,17+,20-/m0/s1. The number of aryl methyl sites for hydroxylation is 1. The Morgan fingerprint density at radius 3 is 2.89 bits per heavy atom. The molecule has 4 heterocycles. The molecule has 3 atom stereocenters. The maximum atomic E-state index is 6.00. The van der Waals surface area contributed by atoms with Crippen molar-refractivity contribution in [3.05, 3.63) is 30.4 Å². The molecule has 2 saturated heterocycles. The summed E-state index contributed by atoms with van der Waals surface area (Å²) in [6, 6.07) is 2.32. The van der Waals surface area contributed by atoms with Crippen LogP contribution in [0.5, 0.6) is 0 Å². The topological polar surface area (TPSA) is 77.3 Å². The number of hydrogen-bond donors (Lipinski definition) is 1. The third-order valence-electron chi connectivity index (χ3n) is 5.50. The molecule has 0 saturated carbocycles. The zero-order valence-corrected chi connectivity index (χ0v) is 16.9. The number of ether oxygens (including phenoxy) is 2. The van der Waals surface area contributed by atoms with Crippen LogP contribution in [0, 0.1) is 5.92 Å². The lowest BCUT2D eigenvalue weighted by atomic mass is 9.94. The van der Waals surface area contributed by atoms with Gasteiger partial charge in [-0.25, -0.2) is 9.97 Å². The van der Waals surface area contributed by atoms with Crippen molar-refractivity contribution in [2.75, 3.05) is 36.5 Å². The van der Waals surface area contributed by atoms with Crippen molar-refractivity contribution in [3.63, 3.8) is 0 Å². The molecule has 2 aromatic heterocycles. The van der Waals surface area contributed by atoms with Crippen LogP contribution in [-0.2, 0) is 16.5 Å². The molecule has 2 aliphatic heterocycles. The highest BCUT2D eigenvalue weighted by molar-refractivity contribution is 5.49. The molecule has 0 unspecified atom stereocenters. The molecule has 1 N–H and O–H groups in total. The number of anilines is 2. The first kappa shape index (κ1) is 19.1. The molecule has 28 heavy (non-hydrogen) atoms. The van der Waals surface area contributed by atoms with E-state index >= 15 is 0 Å². The average molecular weight is 387 g/mol. The van der Waals surface area contributed by atoms with E-state index in [0.717, 1.165) is 49.7 Å². The summed E-state index contributed by atoms with van der Waals surface area (Å²) in [6.07, 6.45) is 7.92. The summed E-state index contributed by atoms with van der Waals surface area (Å²) in [7, 11) is 1.92. The van der Waals surface area contributed by atoms with Gasteiger partial charge in [0.2, 0.25) is 0 Å². The van der Waals surface area contributed by atoms with Gasteiger partial charge in [0, 0.05) is 44.6 Å². The van der Waals surface area contributed by atoms with E-state index < -0.39 is 0 Å². The predicted molar refractivity (Wildman–Crippen MR) is 107 cm³/mol. The molecular weight excluding hydrogens is 356 g/mol. The van der Waals surface area contributed by atoms with Crippen molar-refractivity contribution < 1.29 is 9.47 Å². The lowest BCUT2D eigenvalue weighted by molar-refractivity contribution is -0.0203. The Morgan fingerprint density at radius 1 is 1.21 bits per heavy atom. The summed E-state index contributed by atoms with van der Waals surface area (Å²) in [4.78, 5) is 11.2. The molecule has 2 fully saturated rings. The van der Waals surface area contributed by atoms with Gasteiger partial charge in [0.15, 0.2) is 0 Å². The van der Waals surface area contributed by atoms with E-state index in [9.17, 15) is 0 Å². The monoisotopic (exact) mass is 386 g/mol. The van der Waals surface area contributed by atoms with Gasteiger partial charge < -0.3 is 19.7 Å². The predicted octanol–water partition coefficient (Wildman–Crippen LogP) is 2.40. The zero-order chi connectivity index (χ0) is 19.5. The van der Waals surface area contributed by atoms with E-state index in [1.54, 1.807) is 6.33 Å². The summed E-state index contributed by atoms with van der Waals surface area (Å²) in [5.41, 5.74) is 1.10. The molecule has 152 valence electrons. The molecule has 8 nitrogen and oxygen atoms in total. The van der Waals surface area contributed by atoms with Gasteiger partial charge in [0.25, 0.3) is 0 Å². The van der Waals surface area contributed by atoms with Gasteiger partial charge in [-0.1, -0.05) is 13.8 Å². The minimum absolute atomic E-state index is 0.00545. The van der Waals surface area contributed by atoms with Crippen molar-refractivity contribution >= 4 is 11.6 Å². The Balaban J connectivity index is 1.45. The van der Waals surface area contributed by atoms with E-state index in [0.29, 0.717) is 12.5 Å². The molecule has 0 amide bonds. The first-order valence-corrected chi connectivity index (χ1v) is 10.2. The molecule has 0 radical (unpaired) electrons. The van der Waals surface area contributed by atoms with E-state index in [1.807, 2.05) is 30.2 Å². The van der Waals surface area contributed by atoms with Crippen molar-refractivity contribution in [1.29, 1.82) is 0 Å². The zero-order valence-electron chi connectivity index (χ0n) is 16.9. The van der Waals surface area contributed by atoms with Gasteiger partial charge in [-0.2, -0.15) is 5.10 Å². The number of morpholine rings is 1. The second-order valence-corrected chi connectivity index (χ2v) is 7.99. The Labute approximate surface area is 166 Å². The lowest BCUT2D eigenvalue weighted by Crippen LogP contribution is -2.43. The first-order valence-electron chi connectivity index (χ1n) is 10.2. The van der Waals surface area contributed by atoms with Gasteiger partial charge in [0.05, 0.1) is 24.9 Å². The fourth-order valence-electron chi connectivity index (χ4n) is 4.07. The highest BCUT2D eigenvalue weighted by atomic mass is 16.5. The maximum absolute atomic E-state index is 6.00. The third-order valence-corrected chi connectivity index (χ3v) is 5.50. The summed E-state index contributed by atoms with van der Waals surface area (Å²) in [5, 5.41) is 7.85. The van der Waals surface area contributed by atoms with Gasteiger partial charge in [-0.3, -0.25) is 4.68 Å². The van der Waals surface area contributed by atoms with E-state index in [-0.39, 0.29) is 18.2 Å². The van der Waals surface area contributed by atoms with Gasteiger partial charge in [-0.15, -0.1) is 0 Å². The van der Waals surface area contributed by atoms with Gasteiger partial charge in [0.1, 0.15) is 24.1 Å². The smallest absolute Gasteiger partial charge is 0.134 e. The molecule has 0 aromatic carbocycles. The van der Waals surface area contributed by atoms with Crippen LogP contribution in [0.2, 0.25) is 0 Å². The summed E-state index contributed by atoms with van der Waals surface area (Å²) < 4.78 is 13.8. The first-order chi connectivity index (χ1) is 13.6. The number of rotatable bonds is 5. The number of nitrogens with zero attached hydrogens (tertiary/aromatic N) is 5. The molecule has 0 bridgehead atoms. The third kappa shape index (κ3) is 4.28. The number of hydrogen-bond acceptors (Lipinski definition) is 7. The Morgan fingerprint density at radius 2 is 2.11 bits per heavy atom. The Kier molecular flexibility index (Phi) is 5.77. The molecule has 0 spiro atoms. The van der Waals surface area contributed by atoms with Crippen molar-refractivity contribution in [2.45, 2.75) is 44.9 Å². The lowest BCUT2D eigenvalue weighted by Gasteiger charge is -2.36. The molecular formula is C20H30N6O2. The maximum Gasteiger partial charge on any atom is 0.134 e. The summed E-state index contributed by atoms with van der Waals surface area (Å²) in [5.74, 6) is 2.25. The molecule has 2 aromatic rings. The Hall–Kier alpha value is -2.19. The van der Waals surface area contributed by atoms with Crippen LogP contribution >= 0.6 is 0 Å². The van der Waals surface area contributed by atoms with Crippen molar-refractivity contribution in [2.24, 2.45) is 13.0 Å². The molecule has 0 aliphatic carbocycles.